The Morgan fingerprint density at radius 3 is 2.31 bits per heavy atom. The van der Waals surface area contributed by atoms with Crippen molar-refractivity contribution in [1.29, 1.82) is 0 Å². The van der Waals surface area contributed by atoms with Gasteiger partial charge in [0.2, 0.25) is 6.10 Å². The van der Waals surface area contributed by atoms with Gasteiger partial charge < -0.3 is 10.1 Å². The van der Waals surface area contributed by atoms with Gasteiger partial charge in [0.15, 0.2) is 0 Å². The number of benzene rings is 2. The molecule has 1 atom stereocenters. The minimum atomic E-state index is -1.31. The Labute approximate surface area is 189 Å². The minimum absolute atomic E-state index is 0.328. The molecule has 0 saturated heterocycles. The molecular weight excluding hydrogens is 432 g/mol. The number of carbonyl (C=O) groups is 3. The maximum atomic E-state index is 12.5. The lowest BCUT2D eigenvalue weighted by molar-refractivity contribution is -0.151. The van der Waals surface area contributed by atoms with Crippen LogP contribution in [0.5, 0.6) is 0 Å². The number of aryl methyl sites for hydroxylation is 1. The van der Waals surface area contributed by atoms with E-state index in [2.05, 4.69) is 15.7 Å². The van der Waals surface area contributed by atoms with Gasteiger partial charge in [-0.3, -0.25) is 10.1 Å². The third-order valence-electron chi connectivity index (χ3n) is 4.47. The second-order valence-electron chi connectivity index (χ2n) is 6.67. The van der Waals surface area contributed by atoms with Crippen LogP contribution in [0.15, 0.2) is 66.7 Å². The number of nitrogens with zero attached hydrogens (tertiary/aromatic N) is 2. The Kier molecular flexibility index (Phi) is 7.41. The summed E-state index contributed by atoms with van der Waals surface area (Å²) in [7, 11) is 1.37. The SMILES string of the molecule is CNC(=O)NC(=O)C(OC(=O)/C=C/c1c(C)nn(-c2ccccc2)c1Cl)c1ccccc1. The Balaban J connectivity index is 1.80. The molecule has 8 nitrogen and oxygen atoms in total. The lowest BCUT2D eigenvalue weighted by atomic mass is 10.1. The van der Waals surface area contributed by atoms with Crippen molar-refractivity contribution in [2.45, 2.75) is 13.0 Å². The highest BCUT2D eigenvalue weighted by Gasteiger charge is 2.25. The van der Waals surface area contributed by atoms with Gasteiger partial charge in [0.1, 0.15) is 5.15 Å². The zero-order valence-electron chi connectivity index (χ0n) is 17.4. The fourth-order valence-corrected chi connectivity index (χ4v) is 3.22. The molecule has 0 bridgehead atoms. The number of nitrogens with one attached hydrogen (secondary N) is 2. The summed E-state index contributed by atoms with van der Waals surface area (Å²) in [6.07, 6.45) is 1.33. The topological polar surface area (TPSA) is 102 Å². The predicted octanol–water partition coefficient (Wildman–Crippen LogP) is 3.59. The summed E-state index contributed by atoms with van der Waals surface area (Å²) in [5.74, 6) is -1.56. The predicted molar refractivity (Wildman–Crippen MR) is 120 cm³/mol. The molecular formula is C23H21ClN4O4. The van der Waals surface area contributed by atoms with Crippen LogP contribution in [0.25, 0.3) is 11.8 Å². The smallest absolute Gasteiger partial charge is 0.331 e. The van der Waals surface area contributed by atoms with E-state index in [1.165, 1.54) is 13.1 Å². The van der Waals surface area contributed by atoms with Crippen molar-refractivity contribution in [3.05, 3.63) is 88.7 Å². The summed E-state index contributed by atoms with van der Waals surface area (Å²) in [6, 6.07) is 17.0. The average molecular weight is 453 g/mol. The molecule has 9 heteroatoms. The van der Waals surface area contributed by atoms with Crippen LogP contribution in [0.4, 0.5) is 4.79 Å². The van der Waals surface area contributed by atoms with Crippen LogP contribution in [0, 0.1) is 6.92 Å². The molecule has 0 fully saturated rings. The fraction of sp³-hybridized carbons (Fsp3) is 0.130. The molecule has 0 aliphatic rings. The Hall–Kier alpha value is -3.91. The Morgan fingerprint density at radius 1 is 1.06 bits per heavy atom. The van der Waals surface area contributed by atoms with Crippen LogP contribution < -0.4 is 10.6 Å². The summed E-state index contributed by atoms with van der Waals surface area (Å²) in [5.41, 5.74) is 2.35. The third kappa shape index (κ3) is 5.41. The third-order valence-corrected chi connectivity index (χ3v) is 4.84. The van der Waals surface area contributed by atoms with Gasteiger partial charge in [-0.05, 0) is 25.1 Å². The van der Waals surface area contributed by atoms with Crippen molar-refractivity contribution in [1.82, 2.24) is 20.4 Å². The fourth-order valence-electron chi connectivity index (χ4n) is 2.89. The van der Waals surface area contributed by atoms with Crippen molar-refractivity contribution in [3.63, 3.8) is 0 Å². The van der Waals surface area contributed by atoms with Crippen molar-refractivity contribution < 1.29 is 19.1 Å². The van der Waals surface area contributed by atoms with Gasteiger partial charge in [0.05, 0.1) is 11.4 Å². The zero-order valence-corrected chi connectivity index (χ0v) is 18.2. The van der Waals surface area contributed by atoms with Crippen molar-refractivity contribution in [2.75, 3.05) is 7.05 Å². The normalized spacial score (nSPS) is 11.7. The lowest BCUT2D eigenvalue weighted by Gasteiger charge is -2.16. The van der Waals surface area contributed by atoms with Crippen LogP contribution in [-0.2, 0) is 14.3 Å². The van der Waals surface area contributed by atoms with Crippen molar-refractivity contribution >= 4 is 35.6 Å². The number of hydrogen-bond donors (Lipinski definition) is 2. The summed E-state index contributed by atoms with van der Waals surface area (Å²) in [6.45, 7) is 1.76. The molecule has 1 aromatic heterocycles. The molecule has 0 radical (unpaired) electrons. The zero-order chi connectivity index (χ0) is 23.1. The maximum Gasteiger partial charge on any atom is 0.331 e. The lowest BCUT2D eigenvalue weighted by Crippen LogP contribution is -2.41. The summed E-state index contributed by atoms with van der Waals surface area (Å²) in [5, 5.41) is 9.14. The van der Waals surface area contributed by atoms with Crippen molar-refractivity contribution in [3.8, 4) is 5.69 Å². The quantitative estimate of drug-likeness (QED) is 0.439. The molecule has 0 aliphatic carbocycles. The first-order chi connectivity index (χ1) is 15.4. The number of para-hydroxylation sites is 1. The molecule has 0 aliphatic heterocycles. The highest BCUT2D eigenvalue weighted by atomic mass is 35.5. The van der Waals surface area contributed by atoms with Gasteiger partial charge in [-0.2, -0.15) is 5.10 Å². The number of aromatic nitrogens is 2. The summed E-state index contributed by atoms with van der Waals surface area (Å²) < 4.78 is 6.91. The molecule has 1 heterocycles. The molecule has 2 N–H and O–H groups in total. The van der Waals surface area contributed by atoms with Crippen LogP contribution in [-0.4, -0.2) is 34.7 Å². The largest absolute Gasteiger partial charge is 0.444 e. The molecule has 2 aromatic carbocycles. The van der Waals surface area contributed by atoms with Crippen LogP contribution in [0.2, 0.25) is 5.15 Å². The van der Waals surface area contributed by atoms with Crippen LogP contribution in [0.3, 0.4) is 0 Å². The summed E-state index contributed by atoms with van der Waals surface area (Å²) >= 11 is 6.46. The first-order valence-electron chi connectivity index (χ1n) is 9.67. The van der Waals surface area contributed by atoms with E-state index in [9.17, 15) is 14.4 Å². The van der Waals surface area contributed by atoms with Gasteiger partial charge in [-0.25, -0.2) is 14.3 Å². The number of imide groups is 1. The Bertz CT molecular complexity index is 1140. The molecule has 3 amide bonds. The van der Waals surface area contributed by atoms with Gasteiger partial charge in [-0.1, -0.05) is 60.1 Å². The average Bonchev–Trinajstić information content (AvgIpc) is 3.10. The molecule has 0 saturated carbocycles. The Morgan fingerprint density at radius 2 is 1.69 bits per heavy atom. The summed E-state index contributed by atoms with van der Waals surface area (Å²) in [4.78, 5) is 36.5. The number of ether oxygens (including phenoxy) is 1. The van der Waals surface area contributed by atoms with E-state index in [0.29, 0.717) is 22.0 Å². The first kappa shape index (κ1) is 22.8. The molecule has 0 spiro atoms. The van der Waals surface area contributed by atoms with E-state index in [0.717, 1.165) is 11.8 Å². The van der Waals surface area contributed by atoms with E-state index in [1.54, 1.807) is 41.9 Å². The van der Waals surface area contributed by atoms with E-state index in [-0.39, 0.29) is 0 Å². The first-order valence-corrected chi connectivity index (χ1v) is 10.0. The van der Waals surface area contributed by atoms with Crippen molar-refractivity contribution in [2.24, 2.45) is 0 Å². The molecule has 3 aromatic rings. The van der Waals surface area contributed by atoms with Gasteiger partial charge >= 0.3 is 12.0 Å². The van der Waals surface area contributed by atoms with E-state index in [4.69, 9.17) is 16.3 Å². The maximum absolute atomic E-state index is 12.5. The minimum Gasteiger partial charge on any atom is -0.444 e. The molecule has 3 rings (SSSR count). The van der Waals surface area contributed by atoms with Gasteiger partial charge in [-0.15, -0.1) is 0 Å². The number of urea groups is 1. The number of hydrogen-bond acceptors (Lipinski definition) is 5. The van der Waals surface area contributed by atoms with Crippen LogP contribution >= 0.6 is 11.6 Å². The van der Waals surface area contributed by atoms with Crippen LogP contribution in [0.1, 0.15) is 22.9 Å². The van der Waals surface area contributed by atoms with E-state index >= 15 is 0 Å². The van der Waals surface area contributed by atoms with E-state index < -0.39 is 24.0 Å². The van der Waals surface area contributed by atoms with Gasteiger partial charge in [0.25, 0.3) is 5.91 Å². The second kappa shape index (κ2) is 10.4. The number of carbonyl (C=O) groups excluding carboxylic acids is 3. The van der Waals surface area contributed by atoms with Gasteiger partial charge in [0, 0.05) is 24.3 Å². The molecule has 1 unspecified atom stereocenters. The number of halogens is 1. The monoisotopic (exact) mass is 452 g/mol. The molecule has 164 valence electrons. The highest BCUT2D eigenvalue weighted by Crippen LogP contribution is 2.25. The second-order valence-corrected chi connectivity index (χ2v) is 7.02. The number of amides is 3. The highest BCUT2D eigenvalue weighted by molar-refractivity contribution is 6.31. The number of esters is 1. The molecule has 32 heavy (non-hydrogen) atoms. The van der Waals surface area contributed by atoms with E-state index in [1.807, 2.05) is 30.3 Å². The standard InChI is InChI=1S/C23H21ClN4O4/c1-15-18(21(24)28(27-15)17-11-7-4-8-12-17)13-14-19(29)32-20(16-9-5-3-6-10-16)22(30)26-23(31)25-2/h3-14,20H,1-2H3,(H2,25,26,30,31)/b14-13+. The number of rotatable bonds is 6.